The largest absolute Gasteiger partial charge is 0.425 e. The number of imide groups is 1. The van der Waals surface area contributed by atoms with Gasteiger partial charge in [0.05, 0.1) is 18.3 Å². The van der Waals surface area contributed by atoms with Crippen LogP contribution in [0.3, 0.4) is 0 Å². The Labute approximate surface area is 177 Å². The van der Waals surface area contributed by atoms with Gasteiger partial charge < -0.3 is 5.32 Å². The van der Waals surface area contributed by atoms with Crippen LogP contribution in [0.4, 0.5) is 18.0 Å². The quantitative estimate of drug-likeness (QED) is 0.709. The van der Waals surface area contributed by atoms with Crippen molar-refractivity contribution in [2.75, 3.05) is 6.67 Å². The summed E-state index contributed by atoms with van der Waals surface area (Å²) in [5, 5.41) is 10.8. The molecule has 3 amide bonds. The maximum atomic E-state index is 14.1. The Hall–Kier alpha value is -3.38. The van der Waals surface area contributed by atoms with Gasteiger partial charge in [-0.15, -0.1) is 0 Å². The summed E-state index contributed by atoms with van der Waals surface area (Å²) in [4.78, 5) is 27.9. The van der Waals surface area contributed by atoms with Crippen LogP contribution in [0.1, 0.15) is 30.5 Å². The number of nitriles is 1. The number of amides is 3. The lowest BCUT2D eigenvalue weighted by Crippen LogP contribution is -2.56. The van der Waals surface area contributed by atoms with Gasteiger partial charge in [0.1, 0.15) is 0 Å². The monoisotopic (exact) mass is 430 g/mol. The molecule has 9 heteroatoms. The molecule has 162 valence electrons. The topological polar surface area (TPSA) is 76.4 Å². The number of nitrogens with zero attached hydrogens (tertiary/aromatic N) is 3. The molecular formula is C22H21F3N4O2. The van der Waals surface area contributed by atoms with Crippen molar-refractivity contribution < 1.29 is 22.8 Å². The van der Waals surface area contributed by atoms with Crippen LogP contribution in [0, 0.1) is 11.3 Å². The van der Waals surface area contributed by atoms with Crippen molar-refractivity contribution in [1.29, 1.82) is 5.26 Å². The lowest BCUT2D eigenvalue weighted by molar-refractivity contribution is -0.198. The fourth-order valence-corrected chi connectivity index (χ4v) is 3.44. The van der Waals surface area contributed by atoms with E-state index in [1.165, 1.54) is 30.3 Å². The molecule has 0 radical (unpaired) electrons. The molecule has 1 aliphatic rings. The summed E-state index contributed by atoms with van der Waals surface area (Å²) in [5.41, 5.74) is -2.19. The zero-order valence-corrected chi connectivity index (χ0v) is 17.0. The zero-order chi connectivity index (χ0) is 22.8. The summed E-state index contributed by atoms with van der Waals surface area (Å²) >= 11 is 0. The van der Waals surface area contributed by atoms with E-state index in [-0.39, 0.29) is 24.8 Å². The number of carbonyl (C=O) groups is 2. The van der Waals surface area contributed by atoms with Gasteiger partial charge in [-0.25, -0.2) is 9.69 Å². The maximum absolute atomic E-state index is 14.1. The van der Waals surface area contributed by atoms with Gasteiger partial charge in [0.25, 0.3) is 5.91 Å². The molecule has 1 N–H and O–H groups in total. The van der Waals surface area contributed by atoms with E-state index in [4.69, 9.17) is 5.26 Å². The van der Waals surface area contributed by atoms with Gasteiger partial charge in [0, 0.05) is 12.6 Å². The number of alkyl halides is 3. The third-order valence-corrected chi connectivity index (χ3v) is 5.26. The first-order valence-corrected chi connectivity index (χ1v) is 9.59. The molecule has 1 atom stereocenters. The molecule has 3 rings (SSSR count). The molecule has 31 heavy (non-hydrogen) atoms. The standard InChI is InChI=1S/C22H21F3N4O2/c1-15(2)28(13-17-10-8-16(12-26)9-11-17)14-29-19(30)21(22(23,24)25,27-20(29)31)18-6-4-3-5-7-18/h3-11,15H,13-14H2,1-2H3,(H,27,31). The van der Waals surface area contributed by atoms with Gasteiger partial charge in [-0.05, 0) is 37.1 Å². The van der Waals surface area contributed by atoms with Crippen molar-refractivity contribution in [2.24, 2.45) is 0 Å². The van der Waals surface area contributed by atoms with Crippen molar-refractivity contribution >= 4 is 11.9 Å². The Bertz CT molecular complexity index is 1000. The van der Waals surface area contributed by atoms with Gasteiger partial charge in [0.15, 0.2) is 0 Å². The molecule has 1 aliphatic heterocycles. The zero-order valence-electron chi connectivity index (χ0n) is 17.0. The Kier molecular flexibility index (Phi) is 6.04. The molecule has 1 unspecified atom stereocenters. The number of hydrogen-bond donors (Lipinski definition) is 1. The number of carbonyl (C=O) groups excluding carboxylic acids is 2. The summed E-state index contributed by atoms with van der Waals surface area (Å²) in [6.07, 6.45) is -5.02. The van der Waals surface area contributed by atoms with E-state index < -0.39 is 23.7 Å². The highest BCUT2D eigenvalue weighted by Gasteiger charge is 2.68. The van der Waals surface area contributed by atoms with Gasteiger partial charge >= 0.3 is 12.2 Å². The highest BCUT2D eigenvalue weighted by molar-refractivity contribution is 6.08. The first-order chi connectivity index (χ1) is 14.6. The van der Waals surface area contributed by atoms with Crippen molar-refractivity contribution in [2.45, 2.75) is 38.1 Å². The SMILES string of the molecule is CC(C)N(Cc1ccc(C#N)cc1)CN1C(=O)NC(c2ccccc2)(C(F)(F)F)C1=O. The van der Waals surface area contributed by atoms with E-state index in [0.717, 1.165) is 5.56 Å². The first kappa shape index (κ1) is 22.3. The van der Waals surface area contributed by atoms with Crippen LogP contribution < -0.4 is 5.32 Å². The van der Waals surface area contributed by atoms with E-state index >= 15 is 0 Å². The fraction of sp³-hybridized carbons (Fsp3) is 0.318. The summed E-state index contributed by atoms with van der Waals surface area (Å²) in [5.74, 6) is -1.36. The van der Waals surface area contributed by atoms with E-state index in [9.17, 15) is 22.8 Å². The second-order valence-electron chi connectivity index (χ2n) is 7.57. The Morgan fingerprint density at radius 2 is 1.71 bits per heavy atom. The predicted molar refractivity (Wildman–Crippen MR) is 106 cm³/mol. The highest BCUT2D eigenvalue weighted by atomic mass is 19.4. The third kappa shape index (κ3) is 4.11. The second-order valence-corrected chi connectivity index (χ2v) is 7.57. The summed E-state index contributed by atoms with van der Waals surface area (Å²) in [6.45, 7) is 3.60. The number of benzene rings is 2. The number of hydrogen-bond acceptors (Lipinski definition) is 4. The Balaban J connectivity index is 1.90. The van der Waals surface area contributed by atoms with Gasteiger partial charge in [0.2, 0.25) is 5.54 Å². The number of nitrogens with one attached hydrogen (secondary N) is 1. The fourth-order valence-electron chi connectivity index (χ4n) is 3.44. The summed E-state index contributed by atoms with van der Waals surface area (Å²) < 4.78 is 42.3. The van der Waals surface area contributed by atoms with Crippen molar-refractivity contribution in [3.63, 3.8) is 0 Å². The minimum atomic E-state index is -5.02. The van der Waals surface area contributed by atoms with E-state index in [2.05, 4.69) is 0 Å². The molecular weight excluding hydrogens is 409 g/mol. The highest BCUT2D eigenvalue weighted by Crippen LogP contribution is 2.43. The molecule has 0 aromatic heterocycles. The molecule has 1 fully saturated rings. The van der Waals surface area contributed by atoms with Gasteiger partial charge in [-0.1, -0.05) is 42.5 Å². The van der Waals surface area contributed by atoms with Gasteiger partial charge in [-0.2, -0.15) is 18.4 Å². The van der Waals surface area contributed by atoms with E-state index in [0.29, 0.717) is 10.5 Å². The average molecular weight is 430 g/mol. The molecule has 0 bridgehead atoms. The normalized spacial score (nSPS) is 19.1. The van der Waals surface area contributed by atoms with Crippen LogP contribution in [0.2, 0.25) is 0 Å². The minimum absolute atomic E-state index is 0.172. The molecule has 0 saturated carbocycles. The van der Waals surface area contributed by atoms with Crippen molar-refractivity contribution in [3.05, 3.63) is 71.3 Å². The minimum Gasteiger partial charge on any atom is -0.312 e. The molecule has 2 aromatic rings. The van der Waals surface area contributed by atoms with Crippen LogP contribution in [-0.2, 0) is 16.9 Å². The lowest BCUT2D eigenvalue weighted by atomic mass is 9.89. The van der Waals surface area contributed by atoms with Crippen LogP contribution in [0.5, 0.6) is 0 Å². The Morgan fingerprint density at radius 1 is 1.10 bits per heavy atom. The molecule has 0 aliphatic carbocycles. The number of halogens is 3. The summed E-state index contributed by atoms with van der Waals surface area (Å²) in [7, 11) is 0. The van der Waals surface area contributed by atoms with Crippen LogP contribution in [0.15, 0.2) is 54.6 Å². The van der Waals surface area contributed by atoms with Gasteiger partial charge in [-0.3, -0.25) is 9.69 Å². The maximum Gasteiger partial charge on any atom is 0.425 e. The third-order valence-electron chi connectivity index (χ3n) is 5.26. The average Bonchev–Trinajstić information content (AvgIpc) is 2.99. The number of urea groups is 1. The molecule has 1 heterocycles. The molecule has 1 saturated heterocycles. The van der Waals surface area contributed by atoms with Crippen LogP contribution in [0.25, 0.3) is 0 Å². The van der Waals surface area contributed by atoms with Crippen molar-refractivity contribution in [1.82, 2.24) is 15.1 Å². The van der Waals surface area contributed by atoms with Crippen molar-refractivity contribution in [3.8, 4) is 6.07 Å². The van der Waals surface area contributed by atoms with Crippen LogP contribution >= 0.6 is 0 Å². The lowest BCUT2D eigenvalue weighted by Gasteiger charge is -2.32. The van der Waals surface area contributed by atoms with Crippen LogP contribution in [-0.4, -0.2) is 40.6 Å². The predicted octanol–water partition coefficient (Wildman–Crippen LogP) is 3.74. The first-order valence-electron chi connectivity index (χ1n) is 9.59. The number of rotatable bonds is 6. The smallest absolute Gasteiger partial charge is 0.312 e. The Morgan fingerprint density at radius 3 is 2.23 bits per heavy atom. The molecule has 2 aromatic carbocycles. The van der Waals surface area contributed by atoms with E-state index in [1.807, 2.05) is 25.2 Å². The molecule has 0 spiro atoms. The second kappa shape index (κ2) is 8.40. The van der Waals surface area contributed by atoms with E-state index in [1.54, 1.807) is 29.2 Å². The molecule has 6 nitrogen and oxygen atoms in total. The summed E-state index contributed by atoms with van der Waals surface area (Å²) in [6, 6.07) is 14.1.